The van der Waals surface area contributed by atoms with Crippen molar-refractivity contribution in [3.8, 4) is 5.75 Å². The lowest BCUT2D eigenvalue weighted by atomic mass is 9.98. The highest BCUT2D eigenvalue weighted by Crippen LogP contribution is 2.30. The summed E-state index contributed by atoms with van der Waals surface area (Å²) in [4.78, 5) is 18.7. The van der Waals surface area contributed by atoms with E-state index in [1.165, 1.54) is 0 Å². The number of aryl methyl sites for hydroxylation is 2. The second-order valence-corrected chi connectivity index (χ2v) is 9.29. The third-order valence-electron chi connectivity index (χ3n) is 6.94. The van der Waals surface area contributed by atoms with Gasteiger partial charge in [0.25, 0.3) is 5.56 Å². The number of fused-ring (bicyclic) bond motifs is 1. The van der Waals surface area contributed by atoms with Crippen LogP contribution in [0, 0.1) is 13.8 Å². The number of aromatic amines is 1. The largest absolute Gasteiger partial charge is 0.497 e. The Labute approximate surface area is 203 Å². The third kappa shape index (κ3) is 4.69. The fraction of sp³-hybridized carbons (Fsp3) is 0.385. The minimum absolute atomic E-state index is 0.157. The summed E-state index contributed by atoms with van der Waals surface area (Å²) in [5, 5.41) is 23.7. The van der Waals surface area contributed by atoms with Crippen molar-refractivity contribution < 1.29 is 9.84 Å². The van der Waals surface area contributed by atoms with Crippen LogP contribution in [0.5, 0.6) is 5.75 Å². The van der Waals surface area contributed by atoms with Crippen LogP contribution in [0.4, 0.5) is 0 Å². The van der Waals surface area contributed by atoms with Crippen molar-refractivity contribution in [1.29, 1.82) is 0 Å². The van der Waals surface area contributed by atoms with Crippen LogP contribution in [-0.2, 0) is 6.54 Å². The van der Waals surface area contributed by atoms with Crippen molar-refractivity contribution in [3.63, 3.8) is 0 Å². The molecule has 3 heterocycles. The maximum absolute atomic E-state index is 13.4. The number of hydrogen-bond acceptors (Lipinski definition) is 7. The van der Waals surface area contributed by atoms with E-state index in [1.54, 1.807) is 11.8 Å². The summed E-state index contributed by atoms with van der Waals surface area (Å²) in [6.07, 6.45) is 0.948. The molecule has 2 N–H and O–H groups in total. The van der Waals surface area contributed by atoms with Gasteiger partial charge in [0.2, 0.25) is 0 Å². The Kier molecular flexibility index (Phi) is 6.36. The number of aliphatic hydroxyl groups excluding tert-OH is 1. The van der Waals surface area contributed by atoms with E-state index in [9.17, 15) is 9.90 Å². The van der Waals surface area contributed by atoms with Gasteiger partial charge in [-0.25, -0.2) is 4.68 Å². The summed E-state index contributed by atoms with van der Waals surface area (Å²) in [5.74, 6) is 1.38. The van der Waals surface area contributed by atoms with E-state index < -0.39 is 6.04 Å². The highest BCUT2D eigenvalue weighted by molar-refractivity contribution is 5.81. The average molecular weight is 475 g/mol. The zero-order chi connectivity index (χ0) is 24.5. The molecule has 5 rings (SSSR count). The Morgan fingerprint density at radius 3 is 2.54 bits per heavy atom. The second kappa shape index (κ2) is 9.59. The van der Waals surface area contributed by atoms with Gasteiger partial charge < -0.3 is 14.8 Å². The van der Waals surface area contributed by atoms with Crippen molar-refractivity contribution in [3.05, 3.63) is 80.9 Å². The van der Waals surface area contributed by atoms with E-state index in [0.29, 0.717) is 43.9 Å². The van der Waals surface area contributed by atoms with Crippen molar-refractivity contribution in [2.45, 2.75) is 45.4 Å². The molecule has 1 unspecified atom stereocenters. The molecule has 2 aromatic carbocycles. The van der Waals surface area contributed by atoms with Crippen molar-refractivity contribution in [2.75, 3.05) is 20.2 Å². The van der Waals surface area contributed by atoms with Crippen LogP contribution in [0.1, 0.15) is 47.0 Å². The zero-order valence-electron chi connectivity index (χ0n) is 20.2. The van der Waals surface area contributed by atoms with E-state index in [1.807, 2.05) is 43.3 Å². The Bertz CT molecular complexity index is 1390. The van der Waals surface area contributed by atoms with E-state index >= 15 is 0 Å². The molecule has 4 aromatic rings. The van der Waals surface area contributed by atoms with Gasteiger partial charge in [0.1, 0.15) is 11.8 Å². The van der Waals surface area contributed by atoms with E-state index in [2.05, 4.69) is 38.4 Å². The molecule has 1 fully saturated rings. The second-order valence-electron chi connectivity index (χ2n) is 9.29. The number of aromatic nitrogens is 5. The molecule has 0 radical (unpaired) electrons. The Hall–Kier alpha value is -3.56. The number of tetrazole rings is 1. The quantitative estimate of drug-likeness (QED) is 0.442. The predicted octanol–water partition coefficient (Wildman–Crippen LogP) is 2.73. The molecule has 0 saturated carbocycles. The van der Waals surface area contributed by atoms with Crippen LogP contribution >= 0.6 is 0 Å². The molecule has 182 valence electrons. The lowest BCUT2D eigenvalue weighted by molar-refractivity contribution is 0.0659. The van der Waals surface area contributed by atoms with Gasteiger partial charge in [-0.15, -0.1) is 5.10 Å². The summed E-state index contributed by atoms with van der Waals surface area (Å²) in [5.41, 5.74) is 4.57. The molecule has 35 heavy (non-hydrogen) atoms. The van der Waals surface area contributed by atoms with Crippen LogP contribution in [0.3, 0.4) is 0 Å². The molecule has 0 aliphatic carbocycles. The first-order valence-electron chi connectivity index (χ1n) is 11.9. The maximum atomic E-state index is 13.4. The minimum Gasteiger partial charge on any atom is -0.497 e. The number of nitrogens with one attached hydrogen (secondary N) is 1. The Morgan fingerprint density at radius 2 is 1.83 bits per heavy atom. The van der Waals surface area contributed by atoms with Crippen molar-refractivity contribution >= 4 is 10.9 Å². The van der Waals surface area contributed by atoms with Crippen LogP contribution in [0.15, 0.2) is 47.3 Å². The van der Waals surface area contributed by atoms with Crippen LogP contribution in [0.2, 0.25) is 0 Å². The van der Waals surface area contributed by atoms with Gasteiger partial charge in [-0.1, -0.05) is 12.1 Å². The van der Waals surface area contributed by atoms with Crippen molar-refractivity contribution in [2.24, 2.45) is 0 Å². The highest BCUT2D eigenvalue weighted by Gasteiger charge is 2.32. The monoisotopic (exact) mass is 474 g/mol. The minimum atomic E-state index is -0.439. The zero-order valence-corrected chi connectivity index (χ0v) is 20.2. The maximum Gasteiger partial charge on any atom is 0.253 e. The number of likely N-dealkylation sites (tertiary alicyclic amines) is 1. The van der Waals surface area contributed by atoms with Crippen LogP contribution in [-0.4, -0.2) is 61.5 Å². The van der Waals surface area contributed by atoms with Gasteiger partial charge >= 0.3 is 0 Å². The lowest BCUT2D eigenvalue weighted by Crippen LogP contribution is -2.41. The summed E-state index contributed by atoms with van der Waals surface area (Å²) in [7, 11) is 1.64. The molecule has 9 nitrogen and oxygen atoms in total. The van der Waals surface area contributed by atoms with Gasteiger partial charge in [0.15, 0.2) is 5.82 Å². The van der Waals surface area contributed by atoms with Crippen LogP contribution < -0.4 is 10.3 Å². The number of H-pyrrole nitrogens is 1. The number of pyridine rings is 1. The normalized spacial score (nSPS) is 16.0. The van der Waals surface area contributed by atoms with Gasteiger partial charge in [-0.3, -0.25) is 9.69 Å². The number of ether oxygens (including phenoxy) is 1. The van der Waals surface area contributed by atoms with Gasteiger partial charge in [0, 0.05) is 24.2 Å². The molecule has 1 atom stereocenters. The predicted molar refractivity (Wildman–Crippen MR) is 133 cm³/mol. The van der Waals surface area contributed by atoms with Crippen LogP contribution in [0.25, 0.3) is 10.9 Å². The van der Waals surface area contributed by atoms with Crippen molar-refractivity contribution in [1.82, 2.24) is 30.1 Å². The molecule has 9 heteroatoms. The molecule has 1 aliphatic rings. The summed E-state index contributed by atoms with van der Waals surface area (Å²) < 4.78 is 7.02. The first kappa shape index (κ1) is 23.2. The summed E-state index contributed by atoms with van der Waals surface area (Å²) in [6, 6.07) is 13.4. The van der Waals surface area contributed by atoms with E-state index in [0.717, 1.165) is 33.3 Å². The SMILES string of the molecule is COc1ccc(Cn2nnnc2C(c2cc3cc(C)c(C)cc3[nH]c2=O)N2CCC(O)CC2)cc1. The molecule has 2 aromatic heterocycles. The number of aliphatic hydroxyl groups is 1. The number of hydrogen-bond donors (Lipinski definition) is 2. The summed E-state index contributed by atoms with van der Waals surface area (Å²) in [6.45, 7) is 5.86. The molecule has 1 aliphatic heterocycles. The standard InChI is InChI=1S/C26H30N6O3/c1-16-12-19-14-22(26(34)27-23(19)13-17(16)2)24(31-10-8-20(33)9-11-31)25-28-29-30-32(25)15-18-4-6-21(35-3)7-5-18/h4-7,12-14,20,24,33H,8-11,15H2,1-3H3,(H,27,34). The molecular weight excluding hydrogens is 444 g/mol. The number of methoxy groups -OCH3 is 1. The first-order chi connectivity index (χ1) is 16.9. The van der Waals surface area contributed by atoms with Gasteiger partial charge in [-0.2, -0.15) is 0 Å². The van der Waals surface area contributed by atoms with Gasteiger partial charge in [-0.05, 0) is 89.5 Å². The topological polar surface area (TPSA) is 109 Å². The summed E-state index contributed by atoms with van der Waals surface area (Å²) >= 11 is 0. The van der Waals surface area contributed by atoms with E-state index in [-0.39, 0.29) is 11.7 Å². The molecule has 0 bridgehead atoms. The molecule has 1 saturated heterocycles. The fourth-order valence-electron chi connectivity index (χ4n) is 4.76. The molecule has 0 spiro atoms. The molecule has 0 amide bonds. The number of benzene rings is 2. The highest BCUT2D eigenvalue weighted by atomic mass is 16.5. The fourth-order valence-corrected chi connectivity index (χ4v) is 4.76. The Morgan fingerprint density at radius 1 is 1.11 bits per heavy atom. The number of nitrogens with zero attached hydrogens (tertiary/aromatic N) is 5. The Balaban J connectivity index is 1.59. The van der Waals surface area contributed by atoms with Gasteiger partial charge in [0.05, 0.1) is 19.8 Å². The number of rotatable bonds is 6. The lowest BCUT2D eigenvalue weighted by Gasteiger charge is -2.35. The smallest absolute Gasteiger partial charge is 0.253 e. The molecular formula is C26H30N6O3. The first-order valence-corrected chi connectivity index (χ1v) is 11.9. The van der Waals surface area contributed by atoms with E-state index in [4.69, 9.17) is 4.74 Å². The third-order valence-corrected chi connectivity index (χ3v) is 6.94. The average Bonchev–Trinajstić information content (AvgIpc) is 3.30. The number of piperidine rings is 1.